The molecule has 4 unspecified atom stereocenters. The number of nitro groups is 1. The maximum atomic E-state index is 13.3. The van der Waals surface area contributed by atoms with Gasteiger partial charge >= 0.3 is 5.97 Å². The second-order valence-electron chi connectivity index (χ2n) is 10.0. The van der Waals surface area contributed by atoms with Gasteiger partial charge in [0.2, 0.25) is 0 Å². The number of nitrogens with one attached hydrogen (secondary N) is 1. The van der Waals surface area contributed by atoms with Crippen molar-refractivity contribution in [3.05, 3.63) is 81.9 Å². The quantitative estimate of drug-likeness (QED) is 0.0652. The van der Waals surface area contributed by atoms with Crippen molar-refractivity contribution >= 4 is 55.0 Å². The first-order valence-corrected chi connectivity index (χ1v) is 16.5. The van der Waals surface area contributed by atoms with Gasteiger partial charge in [-0.1, -0.05) is 30.3 Å². The zero-order chi connectivity index (χ0) is 29.8. The number of aliphatic carboxylic acids is 1. The van der Waals surface area contributed by atoms with E-state index in [1.807, 2.05) is 19.6 Å². The maximum absolute atomic E-state index is 13.3. The van der Waals surface area contributed by atoms with Crippen LogP contribution in [0.5, 0.6) is 5.75 Å². The number of ether oxygens (including phenoxy) is 1. The molecule has 0 bridgehead atoms. The van der Waals surface area contributed by atoms with Crippen molar-refractivity contribution < 1.29 is 33.6 Å². The first kappa shape index (κ1) is 31.1. The lowest BCUT2D eigenvalue weighted by molar-refractivity contribution is -0.384. The number of halogens is 2. The molecule has 2 N–H and O–H groups in total. The van der Waals surface area contributed by atoms with Gasteiger partial charge in [-0.15, -0.1) is 11.6 Å². The van der Waals surface area contributed by atoms with E-state index in [1.54, 1.807) is 36.4 Å². The highest BCUT2D eigenvalue weighted by molar-refractivity contribution is 6.69. The third-order valence-electron chi connectivity index (χ3n) is 5.87. The Morgan fingerprint density at radius 3 is 2.25 bits per heavy atom. The number of β-lactam (4-membered cyclic amide) rings is 1. The van der Waals surface area contributed by atoms with Gasteiger partial charge in [0.15, 0.2) is 14.4 Å². The molecule has 11 nitrogen and oxygen atoms in total. The van der Waals surface area contributed by atoms with Crippen LogP contribution in [0.3, 0.4) is 0 Å². The molecule has 0 radical (unpaired) electrons. The number of non-ortho nitro benzene ring substituents is 1. The highest BCUT2D eigenvalue weighted by Gasteiger charge is 2.53. The summed E-state index contributed by atoms with van der Waals surface area (Å²) < 4.78 is 11.9. The molecule has 1 saturated heterocycles. The minimum atomic E-state index is -2.27. The van der Waals surface area contributed by atoms with Crippen LogP contribution >= 0.6 is 23.2 Å². The summed E-state index contributed by atoms with van der Waals surface area (Å²) in [6, 6.07) is 10.1. The summed E-state index contributed by atoms with van der Waals surface area (Å²) in [5.41, 5.74) is 0.202. The molecule has 1 aliphatic heterocycles. The summed E-state index contributed by atoms with van der Waals surface area (Å²) in [7, 11) is -2.27. The normalized spacial score (nSPS) is 18.3. The van der Waals surface area contributed by atoms with E-state index in [0.717, 1.165) is 10.5 Å². The van der Waals surface area contributed by atoms with Crippen LogP contribution < -0.4 is 10.1 Å². The smallest absolute Gasteiger partial charge is 0.330 e. The molecule has 2 amide bonds. The Kier molecular flexibility index (Phi) is 9.95. The van der Waals surface area contributed by atoms with E-state index >= 15 is 0 Å². The molecular formula is C26H29Cl2N3O8Si. The summed E-state index contributed by atoms with van der Waals surface area (Å²) in [6.07, 6.45) is -1.06. The van der Waals surface area contributed by atoms with Crippen LogP contribution in [0.4, 0.5) is 5.69 Å². The number of hydrogen-bond donors (Lipinski definition) is 2. The van der Waals surface area contributed by atoms with Crippen molar-refractivity contribution in [2.45, 2.75) is 49.9 Å². The topological polar surface area (TPSA) is 148 Å². The van der Waals surface area contributed by atoms with Gasteiger partial charge in [0.1, 0.15) is 30.0 Å². The minimum absolute atomic E-state index is 0.0148. The molecule has 3 rings (SSSR count). The summed E-state index contributed by atoms with van der Waals surface area (Å²) in [5.74, 6) is -2.28. The molecule has 1 aliphatic rings. The SMILES string of the molecule is C=C(CCl)C(C(=O)O)N1C(=O)C(NC(=O)C(O[Si](C)(C)C)c2ccc(OCc3ccc([N+](=O)[O-])cc3)cc2)C1Cl. The summed E-state index contributed by atoms with van der Waals surface area (Å²) >= 11 is 12.1. The van der Waals surface area contributed by atoms with E-state index in [2.05, 4.69) is 11.9 Å². The third kappa shape index (κ3) is 7.39. The zero-order valence-electron chi connectivity index (χ0n) is 22.0. The van der Waals surface area contributed by atoms with E-state index in [4.69, 9.17) is 32.4 Å². The first-order chi connectivity index (χ1) is 18.7. The number of carboxylic acid groups (broad SMARTS) is 1. The van der Waals surface area contributed by atoms with Crippen LogP contribution in [0.15, 0.2) is 60.7 Å². The highest BCUT2D eigenvalue weighted by atomic mass is 35.5. The van der Waals surface area contributed by atoms with Gasteiger partial charge < -0.3 is 24.5 Å². The van der Waals surface area contributed by atoms with Gasteiger partial charge in [0, 0.05) is 18.0 Å². The molecule has 0 aromatic heterocycles. The average molecular weight is 611 g/mol. The van der Waals surface area contributed by atoms with Crippen LogP contribution in [-0.4, -0.2) is 64.5 Å². The standard InChI is InChI=1S/C26H29Cl2N3O8Si/c1-15(13-27)21(26(34)35)30-23(28)20(25(30)33)29-24(32)22(39-40(2,3)4)17-7-11-19(12-8-17)38-14-16-5-9-18(10-6-16)31(36)37/h5-12,20-23H,1,13-14H2,2-4H3,(H,29,32)(H,34,35). The number of carboxylic acids is 1. The van der Waals surface area contributed by atoms with Crippen molar-refractivity contribution in [1.82, 2.24) is 10.2 Å². The maximum Gasteiger partial charge on any atom is 0.330 e. The fraction of sp³-hybridized carbons (Fsp3) is 0.346. The minimum Gasteiger partial charge on any atom is -0.489 e. The molecule has 0 aliphatic carbocycles. The van der Waals surface area contributed by atoms with Gasteiger partial charge in [-0.3, -0.25) is 19.7 Å². The molecule has 214 valence electrons. The summed E-state index contributed by atoms with van der Waals surface area (Å²) in [5, 5.41) is 22.9. The van der Waals surface area contributed by atoms with E-state index < -0.39 is 54.7 Å². The Hall–Kier alpha value is -3.45. The van der Waals surface area contributed by atoms with Gasteiger partial charge in [-0.25, -0.2) is 4.79 Å². The zero-order valence-corrected chi connectivity index (χ0v) is 24.5. The van der Waals surface area contributed by atoms with Crippen LogP contribution in [0, 0.1) is 10.1 Å². The van der Waals surface area contributed by atoms with Crippen LogP contribution in [0.25, 0.3) is 0 Å². The predicted octanol–water partition coefficient (Wildman–Crippen LogP) is 4.21. The average Bonchev–Trinajstić information content (AvgIpc) is 2.91. The number of nitrogens with zero attached hydrogens (tertiary/aromatic N) is 2. The third-order valence-corrected chi connectivity index (χ3v) is 7.62. The number of carbonyl (C=O) groups is 3. The van der Waals surface area contributed by atoms with Gasteiger partial charge in [-0.05, 0) is 60.6 Å². The number of amides is 2. The van der Waals surface area contributed by atoms with Gasteiger partial charge in [0.25, 0.3) is 17.5 Å². The molecule has 4 atom stereocenters. The number of benzene rings is 2. The Labute approximate surface area is 241 Å². The second kappa shape index (κ2) is 12.8. The predicted molar refractivity (Wildman–Crippen MR) is 151 cm³/mol. The fourth-order valence-electron chi connectivity index (χ4n) is 3.92. The molecule has 2 aromatic rings. The second-order valence-corrected chi connectivity index (χ2v) is 15.2. The molecular weight excluding hydrogens is 581 g/mol. The number of hydrogen-bond acceptors (Lipinski definition) is 7. The number of rotatable bonds is 13. The Bertz CT molecular complexity index is 1280. The Balaban J connectivity index is 1.70. The van der Waals surface area contributed by atoms with Crippen LogP contribution in [-0.2, 0) is 25.4 Å². The largest absolute Gasteiger partial charge is 0.489 e. The molecule has 40 heavy (non-hydrogen) atoms. The van der Waals surface area contributed by atoms with Crippen molar-refractivity contribution in [2.24, 2.45) is 0 Å². The lowest BCUT2D eigenvalue weighted by atomic mass is 9.98. The molecule has 0 spiro atoms. The molecule has 1 heterocycles. The van der Waals surface area contributed by atoms with E-state index in [1.165, 1.54) is 12.1 Å². The van der Waals surface area contributed by atoms with Crippen LogP contribution in [0.1, 0.15) is 17.2 Å². The monoisotopic (exact) mass is 609 g/mol. The summed E-state index contributed by atoms with van der Waals surface area (Å²) in [4.78, 5) is 49.1. The number of carbonyl (C=O) groups excluding carboxylic acids is 2. The summed E-state index contributed by atoms with van der Waals surface area (Å²) in [6.45, 7) is 9.51. The molecule has 14 heteroatoms. The van der Waals surface area contributed by atoms with Crippen molar-refractivity contribution in [3.63, 3.8) is 0 Å². The van der Waals surface area contributed by atoms with Crippen molar-refractivity contribution in [3.8, 4) is 5.75 Å². The van der Waals surface area contributed by atoms with Gasteiger partial charge in [-0.2, -0.15) is 0 Å². The lowest BCUT2D eigenvalue weighted by Crippen LogP contribution is -2.72. The van der Waals surface area contributed by atoms with Crippen molar-refractivity contribution in [1.29, 1.82) is 0 Å². The molecule has 0 saturated carbocycles. The fourth-order valence-corrected chi connectivity index (χ4v) is 5.39. The van der Waals surface area contributed by atoms with Gasteiger partial charge in [0.05, 0.1) is 4.92 Å². The lowest BCUT2D eigenvalue weighted by Gasteiger charge is -2.47. The number of alkyl halides is 2. The number of likely N-dealkylation sites (tertiary alicyclic amines) is 1. The Morgan fingerprint density at radius 2 is 1.77 bits per heavy atom. The highest BCUT2D eigenvalue weighted by Crippen LogP contribution is 2.31. The van der Waals surface area contributed by atoms with Crippen LogP contribution in [0.2, 0.25) is 19.6 Å². The van der Waals surface area contributed by atoms with E-state index in [-0.39, 0.29) is 23.7 Å². The van der Waals surface area contributed by atoms with E-state index in [0.29, 0.717) is 11.3 Å². The number of nitro benzene ring substituents is 1. The van der Waals surface area contributed by atoms with E-state index in [9.17, 15) is 29.6 Å². The molecule has 1 fully saturated rings. The molecule has 2 aromatic carbocycles. The van der Waals surface area contributed by atoms with Crippen molar-refractivity contribution in [2.75, 3.05) is 5.88 Å². The Morgan fingerprint density at radius 1 is 1.18 bits per heavy atom. The first-order valence-electron chi connectivity index (χ1n) is 12.1.